The molecule has 1 aromatic rings. The molecule has 1 aliphatic rings. The number of nitro groups is 1. The number of nitro benzene ring substituents is 1. The number of carbonyl (C=O) groups excluding carboxylic acids is 2. The molecule has 0 spiro atoms. The van der Waals surface area contributed by atoms with E-state index in [0.29, 0.717) is 0 Å². The highest BCUT2D eigenvalue weighted by atomic mass is 16.6. The first-order valence-electron chi connectivity index (χ1n) is 7.66. The first-order chi connectivity index (χ1) is 11.0. The Morgan fingerprint density at radius 1 is 1.30 bits per heavy atom. The molecule has 0 saturated heterocycles. The molecule has 7 heteroatoms. The molecule has 7 nitrogen and oxygen atoms in total. The lowest BCUT2D eigenvalue weighted by atomic mass is 10.1. The largest absolute Gasteiger partial charge is 0.461 e. The zero-order valence-electron chi connectivity index (χ0n) is 13.0. The van der Waals surface area contributed by atoms with Gasteiger partial charge in [-0.15, -0.1) is 0 Å². The summed E-state index contributed by atoms with van der Waals surface area (Å²) >= 11 is 0. The lowest BCUT2D eigenvalue weighted by Crippen LogP contribution is -2.43. The number of hydrogen-bond acceptors (Lipinski definition) is 5. The van der Waals surface area contributed by atoms with Crippen molar-refractivity contribution in [1.29, 1.82) is 0 Å². The van der Waals surface area contributed by atoms with E-state index >= 15 is 0 Å². The summed E-state index contributed by atoms with van der Waals surface area (Å²) in [4.78, 5) is 33.8. The van der Waals surface area contributed by atoms with Crippen molar-refractivity contribution >= 4 is 17.6 Å². The molecule has 1 N–H and O–H groups in total. The Morgan fingerprint density at radius 2 is 1.91 bits per heavy atom. The van der Waals surface area contributed by atoms with Gasteiger partial charge in [0.15, 0.2) is 0 Å². The van der Waals surface area contributed by atoms with E-state index < -0.39 is 16.9 Å². The average Bonchev–Trinajstić information content (AvgIpc) is 2.99. The normalized spacial score (nSPS) is 15.9. The van der Waals surface area contributed by atoms with Crippen LogP contribution in [0.4, 0.5) is 5.69 Å². The van der Waals surface area contributed by atoms with E-state index in [1.807, 2.05) is 0 Å². The van der Waals surface area contributed by atoms with E-state index in [4.69, 9.17) is 4.74 Å². The maximum Gasteiger partial charge on any atom is 0.329 e. The summed E-state index contributed by atoms with van der Waals surface area (Å²) in [5, 5.41) is 13.2. The van der Waals surface area contributed by atoms with Gasteiger partial charge >= 0.3 is 5.97 Å². The van der Waals surface area contributed by atoms with Crippen LogP contribution in [0.5, 0.6) is 0 Å². The van der Waals surface area contributed by atoms with Crippen LogP contribution in [-0.2, 0) is 20.7 Å². The zero-order chi connectivity index (χ0) is 16.8. The molecule has 1 aliphatic carbocycles. The summed E-state index contributed by atoms with van der Waals surface area (Å²) in [6.07, 6.45) is 3.97. The number of hydrogen-bond donors (Lipinski definition) is 1. The number of benzene rings is 1. The summed E-state index contributed by atoms with van der Waals surface area (Å²) in [6.45, 7) is 1.34. The standard InChI is InChI=1S/C16H20N2O5/c1-11(19)17-15(16(20)23-14-4-2-3-5-14)10-12-6-8-13(9-7-12)18(21)22/h6-9,14-15H,2-5,10H2,1H3,(H,17,19)/t15-/m0/s1. The molecule has 1 atom stereocenters. The summed E-state index contributed by atoms with van der Waals surface area (Å²) in [6, 6.07) is 5.13. The van der Waals surface area contributed by atoms with Crippen molar-refractivity contribution in [1.82, 2.24) is 5.32 Å². The monoisotopic (exact) mass is 320 g/mol. The van der Waals surface area contributed by atoms with Gasteiger partial charge in [-0.05, 0) is 31.2 Å². The minimum absolute atomic E-state index is 0.0154. The van der Waals surface area contributed by atoms with Gasteiger partial charge in [-0.25, -0.2) is 4.79 Å². The molecule has 0 heterocycles. The molecule has 0 aromatic heterocycles. The van der Waals surface area contributed by atoms with E-state index in [0.717, 1.165) is 31.2 Å². The lowest BCUT2D eigenvalue weighted by molar-refractivity contribution is -0.384. The number of esters is 1. The second kappa shape index (κ2) is 7.71. The van der Waals surface area contributed by atoms with Crippen molar-refractivity contribution in [2.45, 2.75) is 51.2 Å². The molecule has 0 bridgehead atoms. The molecule has 1 fully saturated rings. The number of nitrogens with zero attached hydrogens (tertiary/aromatic N) is 1. The Labute approximate surface area is 134 Å². The van der Waals surface area contributed by atoms with Crippen molar-refractivity contribution in [2.75, 3.05) is 0 Å². The van der Waals surface area contributed by atoms with Gasteiger partial charge < -0.3 is 10.1 Å². The predicted octanol–water partition coefficient (Wildman–Crippen LogP) is 2.13. The molecule has 0 radical (unpaired) electrons. The van der Waals surface area contributed by atoms with Gasteiger partial charge in [0.05, 0.1) is 4.92 Å². The Balaban J connectivity index is 2.03. The molecule has 0 aliphatic heterocycles. The molecule has 2 rings (SSSR count). The number of amides is 1. The first kappa shape index (κ1) is 16.9. The Hall–Kier alpha value is -2.44. The van der Waals surface area contributed by atoms with Crippen molar-refractivity contribution in [3.63, 3.8) is 0 Å². The Morgan fingerprint density at radius 3 is 2.43 bits per heavy atom. The van der Waals surface area contributed by atoms with E-state index in [9.17, 15) is 19.7 Å². The highest BCUT2D eigenvalue weighted by Gasteiger charge is 2.26. The summed E-state index contributed by atoms with van der Waals surface area (Å²) < 4.78 is 5.45. The van der Waals surface area contributed by atoms with Gasteiger partial charge in [0.25, 0.3) is 5.69 Å². The smallest absolute Gasteiger partial charge is 0.329 e. The van der Waals surface area contributed by atoms with Gasteiger partial charge in [0.2, 0.25) is 5.91 Å². The first-order valence-corrected chi connectivity index (χ1v) is 7.66. The van der Waals surface area contributed by atoms with Crippen LogP contribution in [0.2, 0.25) is 0 Å². The minimum atomic E-state index is -0.783. The van der Waals surface area contributed by atoms with Crippen LogP contribution < -0.4 is 5.32 Å². The van der Waals surface area contributed by atoms with Crippen LogP contribution in [-0.4, -0.2) is 28.9 Å². The molecule has 1 amide bonds. The van der Waals surface area contributed by atoms with Gasteiger partial charge in [-0.3, -0.25) is 14.9 Å². The Bertz CT molecular complexity index is 579. The van der Waals surface area contributed by atoms with Crippen molar-refractivity contribution in [2.24, 2.45) is 0 Å². The number of nitrogens with one attached hydrogen (secondary N) is 1. The molecular formula is C16H20N2O5. The number of non-ortho nitro benzene ring substituents is 1. The maximum absolute atomic E-state index is 12.3. The van der Waals surface area contributed by atoms with E-state index in [1.54, 1.807) is 12.1 Å². The molecule has 23 heavy (non-hydrogen) atoms. The number of ether oxygens (including phenoxy) is 1. The second-order valence-corrected chi connectivity index (χ2v) is 5.72. The highest BCUT2D eigenvalue weighted by Crippen LogP contribution is 2.22. The fourth-order valence-corrected chi connectivity index (χ4v) is 2.68. The fourth-order valence-electron chi connectivity index (χ4n) is 2.68. The van der Waals surface area contributed by atoms with Crippen LogP contribution in [0.1, 0.15) is 38.2 Å². The number of carbonyl (C=O) groups is 2. The number of rotatable bonds is 6. The third-order valence-corrected chi connectivity index (χ3v) is 3.83. The summed E-state index contributed by atoms with van der Waals surface area (Å²) in [5.74, 6) is -0.772. The van der Waals surface area contributed by atoms with Crippen molar-refractivity contribution in [3.8, 4) is 0 Å². The van der Waals surface area contributed by atoms with Gasteiger partial charge in [0.1, 0.15) is 12.1 Å². The quantitative estimate of drug-likeness (QED) is 0.492. The van der Waals surface area contributed by atoms with Crippen LogP contribution in [0.15, 0.2) is 24.3 Å². The van der Waals surface area contributed by atoms with Gasteiger partial charge in [0, 0.05) is 25.5 Å². The minimum Gasteiger partial charge on any atom is -0.461 e. The van der Waals surface area contributed by atoms with Crippen LogP contribution >= 0.6 is 0 Å². The molecule has 0 unspecified atom stereocenters. The van der Waals surface area contributed by atoms with Gasteiger partial charge in [-0.2, -0.15) is 0 Å². The molecule has 1 aromatic carbocycles. The van der Waals surface area contributed by atoms with Crippen LogP contribution in [0, 0.1) is 10.1 Å². The fraction of sp³-hybridized carbons (Fsp3) is 0.500. The SMILES string of the molecule is CC(=O)N[C@@H](Cc1ccc([N+](=O)[O-])cc1)C(=O)OC1CCCC1. The third-order valence-electron chi connectivity index (χ3n) is 3.83. The maximum atomic E-state index is 12.3. The zero-order valence-corrected chi connectivity index (χ0v) is 13.0. The van der Waals surface area contributed by atoms with Gasteiger partial charge in [-0.1, -0.05) is 12.1 Å². The van der Waals surface area contributed by atoms with Crippen LogP contribution in [0.25, 0.3) is 0 Å². The van der Waals surface area contributed by atoms with E-state index in [2.05, 4.69) is 5.32 Å². The summed E-state index contributed by atoms with van der Waals surface area (Å²) in [5.41, 5.74) is 0.705. The Kier molecular flexibility index (Phi) is 5.67. The molecule has 1 saturated carbocycles. The predicted molar refractivity (Wildman–Crippen MR) is 82.8 cm³/mol. The molecule has 124 valence electrons. The van der Waals surface area contributed by atoms with E-state index in [-0.39, 0.29) is 24.1 Å². The van der Waals surface area contributed by atoms with E-state index in [1.165, 1.54) is 19.1 Å². The lowest BCUT2D eigenvalue weighted by Gasteiger charge is -2.19. The third kappa shape index (κ3) is 5.05. The topological polar surface area (TPSA) is 98.5 Å². The molecular weight excluding hydrogens is 300 g/mol. The average molecular weight is 320 g/mol. The van der Waals surface area contributed by atoms with Crippen LogP contribution in [0.3, 0.4) is 0 Å². The summed E-state index contributed by atoms with van der Waals surface area (Å²) in [7, 11) is 0. The van der Waals surface area contributed by atoms with Crippen molar-refractivity contribution in [3.05, 3.63) is 39.9 Å². The second-order valence-electron chi connectivity index (χ2n) is 5.72. The highest BCUT2D eigenvalue weighted by molar-refractivity contribution is 5.83. The van der Waals surface area contributed by atoms with Crippen molar-refractivity contribution < 1.29 is 19.2 Å².